The van der Waals surface area contributed by atoms with Crippen LogP contribution < -0.4 is 4.74 Å². The quantitative estimate of drug-likeness (QED) is 0.814. The number of ether oxygens (including phenoxy) is 2. The maximum absolute atomic E-state index is 12.4. The van der Waals surface area contributed by atoms with Gasteiger partial charge in [-0.3, -0.25) is 4.68 Å². The molecule has 1 aliphatic carbocycles. The number of rotatable bonds is 4. The minimum absolute atomic E-state index is 0.125. The molecule has 3 rings (SSSR count). The summed E-state index contributed by atoms with van der Waals surface area (Å²) in [6.07, 6.45) is 6.45. The molecule has 5 nitrogen and oxygen atoms in total. The first-order valence-corrected chi connectivity index (χ1v) is 7.54. The van der Waals surface area contributed by atoms with Crippen LogP contribution in [0.3, 0.4) is 0 Å². The summed E-state index contributed by atoms with van der Waals surface area (Å²) in [5.41, 5.74) is 1.52. The highest BCUT2D eigenvalue weighted by Crippen LogP contribution is 2.32. The Labute approximate surface area is 129 Å². The number of esters is 1. The van der Waals surface area contributed by atoms with Crippen LogP contribution >= 0.6 is 0 Å². The van der Waals surface area contributed by atoms with Gasteiger partial charge in [0.2, 0.25) is 0 Å². The van der Waals surface area contributed by atoms with E-state index in [1.807, 2.05) is 29.9 Å². The highest BCUT2D eigenvalue weighted by Gasteiger charge is 2.32. The van der Waals surface area contributed by atoms with Gasteiger partial charge in [-0.1, -0.05) is 6.07 Å². The SMILES string of the molecule is COc1cc(C(=O)O[C@@H]2CCC[C@H]2n2cccn2)ccc1C. The van der Waals surface area contributed by atoms with Crippen LogP contribution in [0.4, 0.5) is 0 Å². The van der Waals surface area contributed by atoms with Crippen LogP contribution in [0.25, 0.3) is 0 Å². The average Bonchev–Trinajstić information content (AvgIpc) is 3.18. The Hall–Kier alpha value is -2.30. The third-order valence-electron chi connectivity index (χ3n) is 4.18. The largest absolute Gasteiger partial charge is 0.496 e. The molecule has 5 heteroatoms. The fraction of sp³-hybridized carbons (Fsp3) is 0.412. The van der Waals surface area contributed by atoms with Crippen LogP contribution in [-0.2, 0) is 4.74 Å². The molecule has 1 aliphatic rings. The zero-order valence-corrected chi connectivity index (χ0v) is 12.9. The fourth-order valence-electron chi connectivity index (χ4n) is 2.98. The van der Waals surface area contributed by atoms with Crippen LogP contribution in [-0.4, -0.2) is 29.0 Å². The molecule has 0 amide bonds. The third-order valence-corrected chi connectivity index (χ3v) is 4.18. The summed E-state index contributed by atoms with van der Waals surface area (Å²) < 4.78 is 12.9. The summed E-state index contributed by atoms with van der Waals surface area (Å²) in [5.74, 6) is 0.395. The molecule has 0 spiro atoms. The highest BCUT2D eigenvalue weighted by atomic mass is 16.5. The molecule has 1 heterocycles. The smallest absolute Gasteiger partial charge is 0.338 e. The molecule has 1 fully saturated rings. The Balaban J connectivity index is 1.73. The molecule has 2 atom stereocenters. The fourth-order valence-corrected chi connectivity index (χ4v) is 2.98. The van der Waals surface area contributed by atoms with Crippen LogP contribution in [0.5, 0.6) is 5.75 Å². The molecule has 0 bridgehead atoms. The first-order valence-electron chi connectivity index (χ1n) is 7.54. The van der Waals surface area contributed by atoms with Crippen molar-refractivity contribution >= 4 is 5.97 Å². The van der Waals surface area contributed by atoms with E-state index in [2.05, 4.69) is 5.10 Å². The van der Waals surface area contributed by atoms with Gasteiger partial charge in [0.15, 0.2) is 0 Å². The lowest BCUT2D eigenvalue weighted by atomic mass is 10.1. The highest BCUT2D eigenvalue weighted by molar-refractivity contribution is 5.90. The maximum Gasteiger partial charge on any atom is 0.338 e. The van der Waals surface area contributed by atoms with Gasteiger partial charge >= 0.3 is 5.97 Å². The lowest BCUT2D eigenvalue weighted by Gasteiger charge is -2.20. The molecule has 1 aromatic carbocycles. The summed E-state index contributed by atoms with van der Waals surface area (Å²) >= 11 is 0. The van der Waals surface area contributed by atoms with E-state index < -0.39 is 0 Å². The van der Waals surface area contributed by atoms with Gasteiger partial charge in [0.1, 0.15) is 11.9 Å². The lowest BCUT2D eigenvalue weighted by molar-refractivity contribution is 0.0209. The summed E-state index contributed by atoms with van der Waals surface area (Å²) in [6, 6.07) is 7.40. The second-order valence-corrected chi connectivity index (χ2v) is 5.61. The standard InChI is InChI=1S/C17H20N2O3/c1-12-7-8-13(11-16(12)21-2)17(20)22-15-6-3-5-14(15)19-10-4-9-18-19/h4,7-11,14-15H,3,5-6H2,1-2H3/t14-,15-/m1/s1. The van der Waals surface area contributed by atoms with Gasteiger partial charge in [0, 0.05) is 12.4 Å². The van der Waals surface area contributed by atoms with E-state index in [9.17, 15) is 4.79 Å². The van der Waals surface area contributed by atoms with Crippen LogP contribution in [0.2, 0.25) is 0 Å². The molecule has 2 aromatic rings. The minimum atomic E-state index is -0.303. The monoisotopic (exact) mass is 300 g/mol. The number of hydrogen-bond donors (Lipinski definition) is 0. The van der Waals surface area contributed by atoms with Crippen molar-refractivity contribution in [1.82, 2.24) is 9.78 Å². The van der Waals surface area contributed by atoms with Crippen LogP contribution in [0, 0.1) is 6.92 Å². The van der Waals surface area contributed by atoms with E-state index in [4.69, 9.17) is 9.47 Å². The van der Waals surface area contributed by atoms with Crippen molar-refractivity contribution in [3.05, 3.63) is 47.8 Å². The average molecular weight is 300 g/mol. The Morgan fingerprint density at radius 1 is 1.36 bits per heavy atom. The van der Waals surface area contributed by atoms with Crippen molar-refractivity contribution in [2.75, 3.05) is 7.11 Å². The predicted octanol–water partition coefficient (Wildman–Crippen LogP) is 3.15. The zero-order chi connectivity index (χ0) is 15.5. The summed E-state index contributed by atoms with van der Waals surface area (Å²) in [4.78, 5) is 12.4. The molecule has 0 N–H and O–H groups in total. The molecule has 0 saturated heterocycles. The van der Waals surface area contributed by atoms with Gasteiger partial charge in [0.05, 0.1) is 18.7 Å². The summed E-state index contributed by atoms with van der Waals surface area (Å²) in [6.45, 7) is 1.94. The third kappa shape index (κ3) is 2.84. The normalized spacial score (nSPS) is 20.8. The van der Waals surface area contributed by atoms with Gasteiger partial charge in [-0.2, -0.15) is 5.10 Å². The summed E-state index contributed by atoms with van der Waals surface area (Å²) in [5, 5.41) is 4.27. The number of benzene rings is 1. The number of carbonyl (C=O) groups is 1. The van der Waals surface area contributed by atoms with Crippen molar-refractivity contribution in [3.8, 4) is 5.75 Å². The second-order valence-electron chi connectivity index (χ2n) is 5.61. The van der Waals surface area contributed by atoms with Crippen molar-refractivity contribution in [2.24, 2.45) is 0 Å². The van der Waals surface area contributed by atoms with E-state index in [0.29, 0.717) is 11.3 Å². The Morgan fingerprint density at radius 2 is 2.23 bits per heavy atom. The Bertz CT molecular complexity index is 652. The maximum atomic E-state index is 12.4. The summed E-state index contributed by atoms with van der Waals surface area (Å²) in [7, 11) is 1.60. The van der Waals surface area contributed by atoms with E-state index in [1.165, 1.54) is 0 Å². The number of methoxy groups -OCH3 is 1. The van der Waals surface area contributed by atoms with Gasteiger partial charge < -0.3 is 9.47 Å². The molecule has 116 valence electrons. The molecule has 0 unspecified atom stereocenters. The predicted molar refractivity (Wildman–Crippen MR) is 82.0 cm³/mol. The van der Waals surface area contributed by atoms with Crippen LogP contribution in [0.15, 0.2) is 36.7 Å². The Kier molecular flexibility index (Phi) is 4.13. The lowest BCUT2D eigenvalue weighted by Crippen LogP contribution is -2.25. The number of aryl methyl sites for hydroxylation is 1. The van der Waals surface area contributed by atoms with Gasteiger partial charge in [-0.15, -0.1) is 0 Å². The van der Waals surface area contributed by atoms with Crippen LogP contribution in [0.1, 0.15) is 41.2 Å². The van der Waals surface area contributed by atoms with Crippen molar-refractivity contribution < 1.29 is 14.3 Å². The van der Waals surface area contributed by atoms with Crippen molar-refractivity contribution in [2.45, 2.75) is 38.3 Å². The number of hydrogen-bond acceptors (Lipinski definition) is 4. The molecule has 1 saturated carbocycles. The zero-order valence-electron chi connectivity index (χ0n) is 12.9. The van der Waals surface area contributed by atoms with E-state index in [-0.39, 0.29) is 18.1 Å². The molecule has 1 aromatic heterocycles. The van der Waals surface area contributed by atoms with E-state index in [1.54, 1.807) is 25.4 Å². The van der Waals surface area contributed by atoms with Crippen molar-refractivity contribution in [3.63, 3.8) is 0 Å². The first kappa shape index (κ1) is 14.6. The molecular weight excluding hydrogens is 280 g/mol. The topological polar surface area (TPSA) is 53.4 Å². The molecule has 0 radical (unpaired) electrons. The number of aromatic nitrogens is 2. The van der Waals surface area contributed by atoms with E-state index >= 15 is 0 Å². The second kappa shape index (κ2) is 6.22. The molecular formula is C17H20N2O3. The molecule has 22 heavy (non-hydrogen) atoms. The number of carbonyl (C=O) groups excluding carboxylic acids is 1. The minimum Gasteiger partial charge on any atom is -0.496 e. The van der Waals surface area contributed by atoms with Gasteiger partial charge in [-0.25, -0.2) is 4.79 Å². The van der Waals surface area contributed by atoms with Gasteiger partial charge in [0.25, 0.3) is 0 Å². The first-order chi connectivity index (χ1) is 10.7. The van der Waals surface area contributed by atoms with Gasteiger partial charge in [-0.05, 0) is 49.9 Å². The molecule has 0 aliphatic heterocycles. The number of nitrogens with zero attached hydrogens (tertiary/aromatic N) is 2. The Morgan fingerprint density at radius 3 is 2.95 bits per heavy atom. The van der Waals surface area contributed by atoms with E-state index in [0.717, 1.165) is 24.8 Å². The van der Waals surface area contributed by atoms with Crippen molar-refractivity contribution in [1.29, 1.82) is 0 Å².